The number of allylic oxidation sites excluding steroid dienone is 2. The second-order valence-electron chi connectivity index (χ2n) is 8.18. The van der Waals surface area contributed by atoms with Crippen LogP contribution in [-0.2, 0) is 4.74 Å². The van der Waals surface area contributed by atoms with Crippen LogP contribution in [0.15, 0.2) is 60.3 Å². The van der Waals surface area contributed by atoms with E-state index in [1.165, 1.54) is 5.57 Å². The van der Waals surface area contributed by atoms with Crippen molar-refractivity contribution in [3.05, 3.63) is 65.4 Å². The highest BCUT2D eigenvalue weighted by atomic mass is 35.5. The van der Waals surface area contributed by atoms with Crippen LogP contribution in [0.3, 0.4) is 0 Å². The third kappa shape index (κ3) is 4.56. The highest BCUT2D eigenvalue weighted by molar-refractivity contribution is 6.30. The number of carbonyl (C=O) groups excluding carboxylic acids is 1. The maximum atomic E-state index is 12.5. The number of piperidine rings is 1. The first-order valence-corrected chi connectivity index (χ1v) is 9.64. The SMILES string of the molecule is C=CC12CC=C(Nc3ccc(Cl)cc3)C=C1CCN(C(=O)OC(C)(C)C)C2. The van der Waals surface area contributed by atoms with Gasteiger partial charge in [0.1, 0.15) is 5.60 Å². The molecule has 0 saturated carbocycles. The third-order valence-electron chi connectivity index (χ3n) is 4.95. The quantitative estimate of drug-likeness (QED) is 0.669. The summed E-state index contributed by atoms with van der Waals surface area (Å²) in [5.41, 5.74) is 2.66. The van der Waals surface area contributed by atoms with Gasteiger partial charge in [0.25, 0.3) is 0 Å². The van der Waals surface area contributed by atoms with Crippen LogP contribution >= 0.6 is 11.6 Å². The van der Waals surface area contributed by atoms with E-state index in [9.17, 15) is 4.79 Å². The summed E-state index contributed by atoms with van der Waals surface area (Å²) in [5, 5.41) is 4.15. The molecular formula is C22H27ClN2O2. The molecule has 144 valence electrons. The highest BCUT2D eigenvalue weighted by Gasteiger charge is 2.40. The number of hydrogen-bond donors (Lipinski definition) is 1. The lowest BCUT2D eigenvalue weighted by Gasteiger charge is -2.44. The Morgan fingerprint density at radius 3 is 2.67 bits per heavy atom. The van der Waals surface area contributed by atoms with Crippen molar-refractivity contribution in [2.75, 3.05) is 18.4 Å². The number of likely N-dealkylation sites (tertiary alicyclic amines) is 1. The number of anilines is 1. The molecule has 0 bridgehead atoms. The minimum atomic E-state index is -0.489. The van der Waals surface area contributed by atoms with E-state index in [0.717, 1.165) is 29.2 Å². The molecule has 0 spiro atoms. The standard InChI is InChI=1S/C22H27ClN2O2/c1-5-22-12-10-19(24-18-8-6-17(23)7-9-18)14-16(22)11-13-25(15-22)20(26)27-21(2,3)4/h5-10,14,24H,1,11-13,15H2,2-4H3. The average molecular weight is 387 g/mol. The predicted octanol–water partition coefficient (Wildman–Crippen LogP) is 5.78. The summed E-state index contributed by atoms with van der Waals surface area (Å²) in [7, 11) is 0. The number of nitrogens with zero attached hydrogens (tertiary/aromatic N) is 1. The van der Waals surface area contributed by atoms with Crippen LogP contribution in [0.2, 0.25) is 5.02 Å². The van der Waals surface area contributed by atoms with E-state index >= 15 is 0 Å². The zero-order valence-electron chi connectivity index (χ0n) is 16.2. The van der Waals surface area contributed by atoms with E-state index in [-0.39, 0.29) is 11.5 Å². The summed E-state index contributed by atoms with van der Waals surface area (Å²) in [6, 6.07) is 7.66. The first-order valence-electron chi connectivity index (χ1n) is 9.26. The van der Waals surface area contributed by atoms with Crippen molar-refractivity contribution in [1.82, 2.24) is 4.90 Å². The Morgan fingerprint density at radius 1 is 1.33 bits per heavy atom. The van der Waals surface area contributed by atoms with Crippen LogP contribution in [0.25, 0.3) is 0 Å². The minimum absolute atomic E-state index is 0.222. The second kappa shape index (κ2) is 7.43. The second-order valence-corrected chi connectivity index (χ2v) is 8.61. The molecule has 1 aliphatic carbocycles. The largest absolute Gasteiger partial charge is 0.444 e. The molecule has 1 amide bonds. The molecule has 1 heterocycles. The lowest BCUT2D eigenvalue weighted by Crippen LogP contribution is -2.48. The molecule has 1 N–H and O–H groups in total. The van der Waals surface area contributed by atoms with Crippen molar-refractivity contribution >= 4 is 23.4 Å². The van der Waals surface area contributed by atoms with Gasteiger partial charge in [-0.05, 0) is 64.0 Å². The number of benzene rings is 1. The van der Waals surface area contributed by atoms with E-state index in [4.69, 9.17) is 16.3 Å². The van der Waals surface area contributed by atoms with Crippen molar-refractivity contribution in [1.29, 1.82) is 0 Å². The summed E-state index contributed by atoms with van der Waals surface area (Å²) < 4.78 is 5.55. The monoisotopic (exact) mass is 386 g/mol. The maximum absolute atomic E-state index is 12.5. The summed E-state index contributed by atoms with van der Waals surface area (Å²) >= 11 is 5.95. The van der Waals surface area contributed by atoms with Gasteiger partial charge in [-0.25, -0.2) is 4.79 Å². The number of halogens is 1. The van der Waals surface area contributed by atoms with E-state index in [2.05, 4.69) is 24.0 Å². The molecule has 4 nitrogen and oxygen atoms in total. The Bertz CT molecular complexity index is 790. The normalized spacial score (nSPS) is 22.3. The first-order chi connectivity index (χ1) is 12.7. The Morgan fingerprint density at radius 2 is 2.04 bits per heavy atom. The molecule has 1 unspecified atom stereocenters. The van der Waals surface area contributed by atoms with Crippen LogP contribution in [-0.4, -0.2) is 29.7 Å². The van der Waals surface area contributed by atoms with Crippen LogP contribution in [0, 0.1) is 5.41 Å². The molecule has 2 aliphatic rings. The average Bonchev–Trinajstić information content (AvgIpc) is 2.62. The van der Waals surface area contributed by atoms with Crippen molar-refractivity contribution < 1.29 is 9.53 Å². The van der Waals surface area contributed by atoms with Gasteiger partial charge in [0.15, 0.2) is 0 Å². The lowest BCUT2D eigenvalue weighted by molar-refractivity contribution is 0.0165. The Kier molecular flexibility index (Phi) is 5.38. The molecule has 1 saturated heterocycles. The Hall–Kier alpha value is -2.20. The van der Waals surface area contributed by atoms with Gasteiger partial charge in [-0.3, -0.25) is 0 Å². The molecule has 5 heteroatoms. The highest BCUT2D eigenvalue weighted by Crippen LogP contribution is 2.43. The number of rotatable bonds is 3. The van der Waals surface area contributed by atoms with Gasteiger partial charge in [-0.2, -0.15) is 0 Å². The van der Waals surface area contributed by atoms with Gasteiger partial charge in [0, 0.05) is 34.9 Å². The van der Waals surface area contributed by atoms with Crippen LogP contribution in [0.5, 0.6) is 0 Å². The molecule has 1 atom stereocenters. The number of fused-ring (bicyclic) bond motifs is 1. The molecule has 27 heavy (non-hydrogen) atoms. The van der Waals surface area contributed by atoms with Gasteiger partial charge in [0.05, 0.1) is 0 Å². The Balaban J connectivity index is 1.73. The van der Waals surface area contributed by atoms with Crippen LogP contribution in [0.4, 0.5) is 10.5 Å². The smallest absolute Gasteiger partial charge is 0.410 e. The molecular weight excluding hydrogens is 360 g/mol. The van der Waals surface area contributed by atoms with E-state index in [0.29, 0.717) is 13.1 Å². The van der Waals surface area contributed by atoms with Gasteiger partial charge < -0.3 is 15.0 Å². The third-order valence-corrected chi connectivity index (χ3v) is 5.21. The number of nitrogens with one attached hydrogen (secondary N) is 1. The lowest BCUT2D eigenvalue weighted by atomic mass is 9.70. The molecule has 1 aromatic rings. The fourth-order valence-corrected chi connectivity index (χ4v) is 3.65. The van der Waals surface area contributed by atoms with Crippen molar-refractivity contribution in [3.63, 3.8) is 0 Å². The number of carbonyl (C=O) groups is 1. The number of ether oxygens (including phenoxy) is 1. The molecule has 3 rings (SSSR count). The Labute approximate surface area is 166 Å². The number of amides is 1. The van der Waals surface area contributed by atoms with E-state index in [1.54, 1.807) is 4.90 Å². The minimum Gasteiger partial charge on any atom is -0.444 e. The molecule has 0 radical (unpaired) electrons. The van der Waals surface area contributed by atoms with Gasteiger partial charge in [0.2, 0.25) is 0 Å². The fourth-order valence-electron chi connectivity index (χ4n) is 3.52. The summed E-state index contributed by atoms with van der Waals surface area (Å²) in [6.07, 6.45) is 7.69. The van der Waals surface area contributed by atoms with E-state index < -0.39 is 5.60 Å². The van der Waals surface area contributed by atoms with E-state index in [1.807, 2.05) is 51.1 Å². The van der Waals surface area contributed by atoms with Gasteiger partial charge in [-0.15, -0.1) is 6.58 Å². The molecule has 1 aliphatic heterocycles. The molecule has 1 aromatic carbocycles. The van der Waals surface area contributed by atoms with Crippen LogP contribution in [0.1, 0.15) is 33.6 Å². The molecule has 1 fully saturated rings. The summed E-state index contributed by atoms with van der Waals surface area (Å²) in [4.78, 5) is 14.3. The molecule has 0 aromatic heterocycles. The van der Waals surface area contributed by atoms with Crippen LogP contribution < -0.4 is 5.32 Å². The maximum Gasteiger partial charge on any atom is 0.410 e. The van der Waals surface area contributed by atoms with Crippen molar-refractivity contribution in [3.8, 4) is 0 Å². The van der Waals surface area contributed by atoms with Gasteiger partial charge in [-0.1, -0.05) is 29.3 Å². The van der Waals surface area contributed by atoms with Crippen molar-refractivity contribution in [2.24, 2.45) is 5.41 Å². The fraction of sp³-hybridized carbons (Fsp3) is 0.409. The summed E-state index contributed by atoms with van der Waals surface area (Å²) in [6.45, 7) is 11.0. The van der Waals surface area contributed by atoms with Gasteiger partial charge >= 0.3 is 6.09 Å². The zero-order chi connectivity index (χ0) is 19.7. The number of hydrogen-bond acceptors (Lipinski definition) is 3. The topological polar surface area (TPSA) is 41.6 Å². The first kappa shape index (κ1) is 19.6. The predicted molar refractivity (Wildman–Crippen MR) is 111 cm³/mol. The summed E-state index contributed by atoms with van der Waals surface area (Å²) in [5.74, 6) is 0. The van der Waals surface area contributed by atoms with Crippen molar-refractivity contribution in [2.45, 2.75) is 39.2 Å². The zero-order valence-corrected chi connectivity index (χ0v) is 17.0.